The Morgan fingerprint density at radius 1 is 1.25 bits per heavy atom. The van der Waals surface area contributed by atoms with Crippen LogP contribution in [0.3, 0.4) is 0 Å². The van der Waals surface area contributed by atoms with Crippen LogP contribution in [0.15, 0.2) is 29.3 Å². The monoisotopic (exact) mass is 402 g/mol. The van der Waals surface area contributed by atoms with Crippen molar-refractivity contribution in [2.45, 2.75) is 64.5 Å². The molecule has 0 amide bonds. The smallest absolute Gasteiger partial charge is 0.191 e. The van der Waals surface area contributed by atoms with Crippen LogP contribution in [0.5, 0.6) is 0 Å². The topological polar surface area (TPSA) is 67.1 Å². The Morgan fingerprint density at radius 3 is 2.57 bits per heavy atom. The van der Waals surface area contributed by atoms with Crippen LogP contribution in [-0.2, 0) is 13.6 Å². The van der Waals surface area contributed by atoms with Crippen molar-refractivity contribution in [2.75, 3.05) is 6.54 Å². The van der Waals surface area contributed by atoms with Gasteiger partial charge >= 0.3 is 0 Å². The summed E-state index contributed by atoms with van der Waals surface area (Å²) in [4.78, 5) is 4.80. The minimum absolute atomic E-state index is 0.407. The number of guanidine groups is 1. The molecule has 0 spiro atoms. The molecule has 1 unspecified atom stereocenters. The van der Waals surface area contributed by atoms with Gasteiger partial charge in [-0.3, -0.25) is 0 Å². The van der Waals surface area contributed by atoms with Gasteiger partial charge in [-0.2, -0.15) is 0 Å². The van der Waals surface area contributed by atoms with E-state index in [2.05, 4.69) is 39.9 Å². The lowest BCUT2D eigenvalue weighted by Crippen LogP contribution is -2.43. The van der Waals surface area contributed by atoms with Crippen LogP contribution < -0.4 is 10.6 Å². The lowest BCUT2D eigenvalue weighted by molar-refractivity contribution is 0.587. The number of benzene rings is 1. The summed E-state index contributed by atoms with van der Waals surface area (Å²) in [5.41, 5.74) is 1.29. The Bertz CT molecular complexity index is 777. The van der Waals surface area contributed by atoms with Gasteiger partial charge < -0.3 is 15.2 Å². The van der Waals surface area contributed by atoms with Crippen LogP contribution in [0.2, 0.25) is 5.02 Å². The molecule has 2 N–H and O–H groups in total. The van der Waals surface area contributed by atoms with E-state index in [0.29, 0.717) is 18.5 Å². The molecule has 1 fully saturated rings. The summed E-state index contributed by atoms with van der Waals surface area (Å²) in [7, 11) is 1.98. The molecular formula is C21H31ClN6. The van der Waals surface area contributed by atoms with Crippen molar-refractivity contribution < 1.29 is 0 Å². The molecule has 2 aromatic rings. The zero-order chi connectivity index (χ0) is 19.9. The van der Waals surface area contributed by atoms with Gasteiger partial charge in [-0.05, 0) is 43.9 Å². The number of nitrogens with zero attached hydrogens (tertiary/aromatic N) is 4. The number of rotatable bonds is 7. The van der Waals surface area contributed by atoms with E-state index in [1.807, 2.05) is 30.7 Å². The highest BCUT2D eigenvalue weighted by atomic mass is 35.5. The van der Waals surface area contributed by atoms with Crippen molar-refractivity contribution in [3.05, 3.63) is 46.5 Å². The minimum atomic E-state index is 0.407. The van der Waals surface area contributed by atoms with Crippen LogP contribution in [0, 0.1) is 6.92 Å². The summed E-state index contributed by atoms with van der Waals surface area (Å²) in [6, 6.07) is 8.65. The molecule has 0 radical (unpaired) electrons. The molecule has 0 aliphatic heterocycles. The molecule has 28 heavy (non-hydrogen) atoms. The first-order valence-corrected chi connectivity index (χ1v) is 10.6. The number of hydrogen-bond acceptors (Lipinski definition) is 3. The van der Waals surface area contributed by atoms with E-state index in [9.17, 15) is 0 Å². The Labute approximate surface area is 172 Å². The lowest BCUT2D eigenvalue weighted by Gasteiger charge is -2.21. The van der Waals surface area contributed by atoms with E-state index >= 15 is 0 Å². The molecule has 1 aliphatic rings. The van der Waals surface area contributed by atoms with Gasteiger partial charge in [0.05, 0.1) is 0 Å². The van der Waals surface area contributed by atoms with Gasteiger partial charge in [-0.1, -0.05) is 43.5 Å². The average molecular weight is 403 g/mol. The number of hydrogen-bond donors (Lipinski definition) is 2. The number of aromatic nitrogens is 3. The van der Waals surface area contributed by atoms with Crippen molar-refractivity contribution >= 4 is 17.6 Å². The zero-order valence-corrected chi connectivity index (χ0v) is 17.8. The molecule has 0 saturated heterocycles. The zero-order valence-electron chi connectivity index (χ0n) is 17.1. The Balaban J connectivity index is 1.67. The fourth-order valence-corrected chi connectivity index (χ4v) is 3.73. The number of aryl methyl sites for hydroxylation is 1. The standard InChI is InChI=1S/C21H31ClN6/c1-4-16(17-9-11-18(22)12-10-17)13-23-21(25-19-7-5-6-8-19)24-14-20-27-26-15(2)28(20)3/h9-12,16,19H,4-8,13-14H2,1-3H3,(H2,23,24,25). The summed E-state index contributed by atoms with van der Waals surface area (Å²) in [5.74, 6) is 3.04. The minimum Gasteiger partial charge on any atom is -0.356 e. The van der Waals surface area contributed by atoms with E-state index in [0.717, 1.165) is 35.6 Å². The number of nitrogens with one attached hydrogen (secondary N) is 2. The fourth-order valence-electron chi connectivity index (χ4n) is 3.61. The molecule has 1 aliphatic carbocycles. The van der Waals surface area contributed by atoms with Crippen molar-refractivity contribution in [3.8, 4) is 0 Å². The second kappa shape index (κ2) is 9.92. The molecule has 1 heterocycles. The maximum Gasteiger partial charge on any atom is 0.191 e. The highest BCUT2D eigenvalue weighted by molar-refractivity contribution is 6.30. The average Bonchev–Trinajstić information content (AvgIpc) is 3.32. The summed E-state index contributed by atoms with van der Waals surface area (Å²) in [6.07, 6.45) is 6.04. The van der Waals surface area contributed by atoms with E-state index in [4.69, 9.17) is 16.6 Å². The molecule has 1 aromatic carbocycles. The third-order valence-corrected chi connectivity index (χ3v) is 5.86. The third-order valence-electron chi connectivity index (χ3n) is 5.61. The van der Waals surface area contributed by atoms with Crippen molar-refractivity contribution in [2.24, 2.45) is 12.0 Å². The number of halogens is 1. The Kier molecular flexibility index (Phi) is 7.31. The fraction of sp³-hybridized carbons (Fsp3) is 0.571. The maximum atomic E-state index is 6.04. The molecule has 7 heteroatoms. The number of aliphatic imine (C=N–C) groups is 1. The molecule has 1 aromatic heterocycles. The molecule has 3 rings (SSSR count). The predicted octanol–water partition coefficient (Wildman–Crippen LogP) is 3.95. The molecule has 0 bridgehead atoms. The van der Waals surface area contributed by atoms with Crippen LogP contribution >= 0.6 is 11.6 Å². The van der Waals surface area contributed by atoms with Crippen LogP contribution in [-0.4, -0.2) is 33.3 Å². The van der Waals surface area contributed by atoms with Crippen molar-refractivity contribution in [1.29, 1.82) is 0 Å². The summed E-state index contributed by atoms with van der Waals surface area (Å²) in [5, 5.41) is 16.3. The second-order valence-electron chi connectivity index (χ2n) is 7.55. The van der Waals surface area contributed by atoms with E-state index < -0.39 is 0 Å². The van der Waals surface area contributed by atoms with Crippen molar-refractivity contribution in [3.63, 3.8) is 0 Å². The molecule has 1 atom stereocenters. The van der Waals surface area contributed by atoms with Gasteiger partial charge in [0.25, 0.3) is 0 Å². The van der Waals surface area contributed by atoms with Gasteiger partial charge in [0.2, 0.25) is 0 Å². The lowest BCUT2D eigenvalue weighted by atomic mass is 9.96. The predicted molar refractivity (Wildman–Crippen MR) is 115 cm³/mol. The van der Waals surface area contributed by atoms with E-state index in [1.165, 1.54) is 31.2 Å². The quantitative estimate of drug-likeness (QED) is 0.543. The summed E-state index contributed by atoms with van der Waals surface area (Å²) < 4.78 is 1.99. The first kappa shape index (κ1) is 20.6. The third kappa shape index (κ3) is 5.47. The van der Waals surface area contributed by atoms with Gasteiger partial charge in [-0.25, -0.2) is 4.99 Å². The van der Waals surface area contributed by atoms with Crippen LogP contribution in [0.1, 0.15) is 62.2 Å². The SMILES string of the molecule is CCC(CNC(=NCc1nnc(C)n1C)NC1CCCC1)c1ccc(Cl)cc1. The summed E-state index contributed by atoms with van der Waals surface area (Å²) >= 11 is 6.04. The molecule has 1 saturated carbocycles. The second-order valence-corrected chi connectivity index (χ2v) is 7.99. The van der Waals surface area contributed by atoms with Gasteiger partial charge in [0, 0.05) is 30.6 Å². The summed E-state index contributed by atoms with van der Waals surface area (Å²) in [6.45, 7) is 5.50. The van der Waals surface area contributed by atoms with E-state index in [1.54, 1.807) is 0 Å². The Hall–Kier alpha value is -2.08. The first-order chi connectivity index (χ1) is 13.6. The van der Waals surface area contributed by atoms with Gasteiger partial charge in [-0.15, -0.1) is 10.2 Å². The van der Waals surface area contributed by atoms with E-state index in [-0.39, 0.29) is 0 Å². The van der Waals surface area contributed by atoms with Crippen LogP contribution in [0.25, 0.3) is 0 Å². The maximum absolute atomic E-state index is 6.04. The Morgan fingerprint density at radius 2 is 1.96 bits per heavy atom. The largest absolute Gasteiger partial charge is 0.356 e. The molecular weight excluding hydrogens is 372 g/mol. The highest BCUT2D eigenvalue weighted by Gasteiger charge is 2.17. The molecule has 152 valence electrons. The van der Waals surface area contributed by atoms with Gasteiger partial charge in [0.1, 0.15) is 12.4 Å². The normalized spacial score (nSPS) is 16.4. The van der Waals surface area contributed by atoms with Gasteiger partial charge in [0.15, 0.2) is 11.8 Å². The van der Waals surface area contributed by atoms with Crippen molar-refractivity contribution in [1.82, 2.24) is 25.4 Å². The van der Waals surface area contributed by atoms with Crippen LogP contribution in [0.4, 0.5) is 0 Å². The highest BCUT2D eigenvalue weighted by Crippen LogP contribution is 2.21. The first-order valence-electron chi connectivity index (χ1n) is 10.2. The molecule has 6 nitrogen and oxygen atoms in total.